The van der Waals surface area contributed by atoms with Gasteiger partial charge in [0.1, 0.15) is 18.7 Å². The predicted octanol–water partition coefficient (Wildman–Crippen LogP) is 2.26. The van der Waals surface area contributed by atoms with Crippen LogP contribution in [0.1, 0.15) is 38.3 Å². The van der Waals surface area contributed by atoms with Crippen molar-refractivity contribution in [2.45, 2.75) is 45.3 Å². The normalized spacial score (nSPS) is 19.7. The van der Waals surface area contributed by atoms with Crippen molar-refractivity contribution in [2.24, 2.45) is 5.92 Å². The van der Waals surface area contributed by atoms with E-state index < -0.39 is 0 Å². The van der Waals surface area contributed by atoms with Crippen LogP contribution in [-0.2, 0) is 11.3 Å². The van der Waals surface area contributed by atoms with Gasteiger partial charge in [0.05, 0.1) is 0 Å². The molecule has 2 aromatic rings. The number of rotatable bonds is 6. The van der Waals surface area contributed by atoms with E-state index in [1.165, 1.54) is 0 Å². The predicted molar refractivity (Wildman–Crippen MR) is 96.8 cm³/mol. The summed E-state index contributed by atoms with van der Waals surface area (Å²) < 4.78 is 1.89. The van der Waals surface area contributed by atoms with Crippen molar-refractivity contribution < 1.29 is 4.79 Å². The molecule has 1 amide bonds. The van der Waals surface area contributed by atoms with Crippen LogP contribution in [0.15, 0.2) is 43.0 Å². The van der Waals surface area contributed by atoms with Crippen molar-refractivity contribution in [1.29, 1.82) is 0 Å². The second kappa shape index (κ2) is 8.25. The van der Waals surface area contributed by atoms with Crippen LogP contribution in [0.2, 0.25) is 0 Å². The Bertz CT molecular complexity index is 656. The summed E-state index contributed by atoms with van der Waals surface area (Å²) in [6, 6.07) is 9.99. The molecule has 2 unspecified atom stereocenters. The van der Waals surface area contributed by atoms with Crippen molar-refractivity contribution in [1.82, 2.24) is 25.0 Å². The Labute approximate surface area is 149 Å². The van der Waals surface area contributed by atoms with E-state index in [1.54, 1.807) is 12.7 Å². The summed E-state index contributed by atoms with van der Waals surface area (Å²) in [4.78, 5) is 19.2. The molecule has 0 saturated carbocycles. The van der Waals surface area contributed by atoms with E-state index in [-0.39, 0.29) is 18.0 Å². The van der Waals surface area contributed by atoms with Crippen molar-refractivity contribution in [3.8, 4) is 0 Å². The maximum atomic E-state index is 12.9. The number of hydrogen-bond acceptors (Lipinski definition) is 4. The Morgan fingerprint density at radius 3 is 2.80 bits per heavy atom. The Balaban J connectivity index is 1.76. The van der Waals surface area contributed by atoms with Crippen LogP contribution in [0.4, 0.5) is 0 Å². The molecule has 1 aromatic heterocycles. The molecule has 1 aliphatic rings. The lowest BCUT2D eigenvalue weighted by Gasteiger charge is -2.38. The number of carbonyl (C=O) groups excluding carboxylic acids is 1. The zero-order valence-corrected chi connectivity index (χ0v) is 15.0. The third kappa shape index (κ3) is 4.66. The molecule has 1 N–H and O–H groups in total. The molecule has 1 saturated heterocycles. The van der Waals surface area contributed by atoms with E-state index in [1.807, 2.05) is 48.9 Å². The standard InChI is InChI=1S/C19H27N5O/c1-15(2)22-19(25)18(17-8-4-3-5-9-17)23-10-6-7-16(11-23)12-24-14-20-13-21-24/h3-5,8-9,13-16,18H,6-7,10-12H2,1-2H3,(H,22,25). The quantitative estimate of drug-likeness (QED) is 0.875. The second-order valence-corrected chi connectivity index (χ2v) is 7.10. The molecule has 1 aliphatic heterocycles. The fourth-order valence-corrected chi connectivity index (χ4v) is 3.60. The van der Waals surface area contributed by atoms with Gasteiger partial charge in [0.25, 0.3) is 0 Å². The second-order valence-electron chi connectivity index (χ2n) is 7.10. The van der Waals surface area contributed by atoms with Crippen LogP contribution in [-0.4, -0.2) is 44.7 Å². The van der Waals surface area contributed by atoms with E-state index >= 15 is 0 Å². The lowest BCUT2D eigenvalue weighted by atomic mass is 9.94. The van der Waals surface area contributed by atoms with Gasteiger partial charge in [-0.05, 0) is 44.7 Å². The molecule has 0 radical (unpaired) electrons. The Morgan fingerprint density at radius 2 is 2.12 bits per heavy atom. The smallest absolute Gasteiger partial charge is 0.242 e. The van der Waals surface area contributed by atoms with Crippen molar-refractivity contribution in [3.05, 3.63) is 48.5 Å². The molecule has 6 heteroatoms. The highest BCUT2D eigenvalue weighted by Crippen LogP contribution is 2.28. The number of likely N-dealkylation sites (tertiary alicyclic amines) is 1. The first-order chi connectivity index (χ1) is 12.1. The molecule has 0 aliphatic carbocycles. The van der Waals surface area contributed by atoms with Crippen LogP contribution in [0, 0.1) is 5.92 Å². The molecule has 1 fully saturated rings. The van der Waals surface area contributed by atoms with E-state index in [9.17, 15) is 4.79 Å². The molecule has 6 nitrogen and oxygen atoms in total. The summed E-state index contributed by atoms with van der Waals surface area (Å²) in [5.41, 5.74) is 1.06. The van der Waals surface area contributed by atoms with Crippen LogP contribution in [0.3, 0.4) is 0 Å². The highest BCUT2D eigenvalue weighted by molar-refractivity contribution is 5.83. The molecule has 25 heavy (non-hydrogen) atoms. The lowest BCUT2D eigenvalue weighted by Crippen LogP contribution is -2.47. The van der Waals surface area contributed by atoms with Gasteiger partial charge < -0.3 is 5.32 Å². The number of amides is 1. The number of piperidine rings is 1. The summed E-state index contributed by atoms with van der Waals surface area (Å²) in [6.07, 6.45) is 5.59. The van der Waals surface area contributed by atoms with Gasteiger partial charge in [0.2, 0.25) is 5.91 Å². The molecule has 134 valence electrons. The topological polar surface area (TPSA) is 63.1 Å². The lowest BCUT2D eigenvalue weighted by molar-refractivity contribution is -0.128. The van der Waals surface area contributed by atoms with Crippen molar-refractivity contribution in [2.75, 3.05) is 13.1 Å². The van der Waals surface area contributed by atoms with Gasteiger partial charge in [0.15, 0.2) is 0 Å². The highest BCUT2D eigenvalue weighted by Gasteiger charge is 2.32. The Kier molecular flexibility index (Phi) is 5.81. The molecule has 0 spiro atoms. The van der Waals surface area contributed by atoms with Gasteiger partial charge in [-0.1, -0.05) is 30.3 Å². The maximum absolute atomic E-state index is 12.9. The number of hydrogen-bond donors (Lipinski definition) is 1. The summed E-state index contributed by atoms with van der Waals surface area (Å²) in [6.45, 7) is 6.70. The maximum Gasteiger partial charge on any atom is 0.242 e. The van der Waals surface area contributed by atoms with Gasteiger partial charge >= 0.3 is 0 Å². The van der Waals surface area contributed by atoms with Gasteiger partial charge in [-0.15, -0.1) is 0 Å². The number of nitrogens with one attached hydrogen (secondary N) is 1. The number of nitrogens with zero attached hydrogens (tertiary/aromatic N) is 4. The summed E-state index contributed by atoms with van der Waals surface area (Å²) in [5, 5.41) is 7.31. The Hall–Kier alpha value is -2.21. The van der Waals surface area contributed by atoms with E-state index in [4.69, 9.17) is 0 Å². The van der Waals surface area contributed by atoms with E-state index in [0.29, 0.717) is 5.92 Å². The molecule has 1 aromatic carbocycles. The Morgan fingerprint density at radius 1 is 1.32 bits per heavy atom. The van der Waals surface area contributed by atoms with Gasteiger partial charge in [-0.2, -0.15) is 5.10 Å². The summed E-state index contributed by atoms with van der Waals surface area (Å²) in [7, 11) is 0. The van der Waals surface area contributed by atoms with Crippen molar-refractivity contribution >= 4 is 5.91 Å². The average molecular weight is 341 g/mol. The fourth-order valence-electron chi connectivity index (χ4n) is 3.60. The largest absolute Gasteiger partial charge is 0.352 e. The first kappa shape index (κ1) is 17.6. The minimum absolute atomic E-state index is 0.0857. The minimum atomic E-state index is -0.234. The van der Waals surface area contributed by atoms with Crippen LogP contribution in [0.25, 0.3) is 0 Å². The molecule has 2 heterocycles. The molecule has 0 bridgehead atoms. The summed E-state index contributed by atoms with van der Waals surface area (Å²) in [5.74, 6) is 0.566. The number of carbonyl (C=O) groups is 1. The van der Waals surface area contributed by atoms with Crippen molar-refractivity contribution in [3.63, 3.8) is 0 Å². The van der Waals surface area contributed by atoms with Crippen LogP contribution >= 0.6 is 0 Å². The van der Waals surface area contributed by atoms with Gasteiger partial charge in [0, 0.05) is 19.1 Å². The van der Waals surface area contributed by atoms with Crippen LogP contribution < -0.4 is 5.32 Å². The van der Waals surface area contributed by atoms with E-state index in [0.717, 1.165) is 38.0 Å². The van der Waals surface area contributed by atoms with Crippen LogP contribution in [0.5, 0.6) is 0 Å². The number of benzene rings is 1. The molecular formula is C19H27N5O. The molecular weight excluding hydrogens is 314 g/mol. The monoisotopic (exact) mass is 341 g/mol. The third-order valence-corrected chi connectivity index (χ3v) is 4.62. The highest BCUT2D eigenvalue weighted by atomic mass is 16.2. The van der Waals surface area contributed by atoms with Gasteiger partial charge in [-0.25, -0.2) is 4.98 Å². The average Bonchev–Trinajstić information content (AvgIpc) is 3.09. The fraction of sp³-hybridized carbons (Fsp3) is 0.526. The number of aromatic nitrogens is 3. The SMILES string of the molecule is CC(C)NC(=O)C(c1ccccc1)N1CCCC(Cn2cncn2)C1. The first-order valence-corrected chi connectivity index (χ1v) is 9.05. The molecule has 3 rings (SSSR count). The zero-order chi connectivity index (χ0) is 17.6. The van der Waals surface area contributed by atoms with Gasteiger partial charge in [-0.3, -0.25) is 14.4 Å². The summed E-state index contributed by atoms with van der Waals surface area (Å²) >= 11 is 0. The minimum Gasteiger partial charge on any atom is -0.352 e. The first-order valence-electron chi connectivity index (χ1n) is 9.05. The third-order valence-electron chi connectivity index (χ3n) is 4.62. The van der Waals surface area contributed by atoms with E-state index in [2.05, 4.69) is 20.3 Å². The molecule has 2 atom stereocenters. The zero-order valence-electron chi connectivity index (χ0n) is 15.0.